The fraction of sp³-hybridized carbons (Fsp3) is 0.533. The quantitative estimate of drug-likeness (QED) is 0.666. The SMILES string of the molecule is O=C=NC1(c2c(O)c(Br)cc3c2CCCC3)CCC1. The van der Waals surface area contributed by atoms with Crippen molar-refractivity contribution in [2.24, 2.45) is 4.99 Å². The normalized spacial score (nSPS) is 20.1. The molecule has 1 N–H and O–H groups in total. The molecule has 4 heteroatoms. The third kappa shape index (κ3) is 1.94. The third-order valence-corrected chi connectivity index (χ3v) is 5.09. The van der Waals surface area contributed by atoms with Crippen molar-refractivity contribution in [3.05, 3.63) is 27.2 Å². The van der Waals surface area contributed by atoms with Gasteiger partial charge in [0, 0.05) is 5.56 Å². The van der Waals surface area contributed by atoms with Crippen LogP contribution in [0.5, 0.6) is 5.75 Å². The smallest absolute Gasteiger partial charge is 0.235 e. The maximum absolute atomic E-state index is 10.8. The van der Waals surface area contributed by atoms with E-state index < -0.39 is 5.54 Å². The molecule has 100 valence electrons. The molecule has 2 aliphatic carbocycles. The predicted molar refractivity (Wildman–Crippen MR) is 76.1 cm³/mol. The molecular weight excluding hydrogens is 306 g/mol. The average molecular weight is 322 g/mol. The van der Waals surface area contributed by atoms with E-state index in [1.54, 1.807) is 6.08 Å². The number of hydrogen-bond acceptors (Lipinski definition) is 3. The maximum Gasteiger partial charge on any atom is 0.235 e. The molecule has 19 heavy (non-hydrogen) atoms. The van der Waals surface area contributed by atoms with Gasteiger partial charge in [-0.1, -0.05) is 0 Å². The van der Waals surface area contributed by atoms with Crippen LogP contribution in [-0.4, -0.2) is 11.2 Å². The average Bonchev–Trinajstić information content (AvgIpc) is 2.36. The number of aromatic hydroxyl groups is 1. The Bertz CT molecular complexity index is 572. The van der Waals surface area contributed by atoms with Crippen LogP contribution in [0.4, 0.5) is 0 Å². The Morgan fingerprint density at radius 3 is 2.63 bits per heavy atom. The molecule has 0 radical (unpaired) electrons. The molecule has 0 amide bonds. The van der Waals surface area contributed by atoms with Crippen molar-refractivity contribution < 1.29 is 9.90 Å². The van der Waals surface area contributed by atoms with E-state index in [4.69, 9.17) is 0 Å². The fourth-order valence-electron chi connectivity index (χ4n) is 3.38. The highest BCUT2D eigenvalue weighted by Crippen LogP contribution is 2.52. The van der Waals surface area contributed by atoms with E-state index in [0.29, 0.717) is 0 Å². The minimum atomic E-state index is -0.517. The van der Waals surface area contributed by atoms with Crippen molar-refractivity contribution in [3.8, 4) is 5.75 Å². The summed E-state index contributed by atoms with van der Waals surface area (Å²) in [5, 5.41) is 10.4. The Morgan fingerprint density at radius 2 is 2.00 bits per heavy atom. The summed E-state index contributed by atoms with van der Waals surface area (Å²) in [6.45, 7) is 0. The number of aliphatic imine (C=N–C) groups is 1. The molecular formula is C15H16BrNO2. The van der Waals surface area contributed by atoms with Gasteiger partial charge in [0.05, 0.1) is 4.47 Å². The van der Waals surface area contributed by atoms with Crippen LogP contribution in [0.2, 0.25) is 0 Å². The van der Waals surface area contributed by atoms with Gasteiger partial charge in [-0.25, -0.2) is 4.79 Å². The first kappa shape index (κ1) is 12.9. The number of phenolic OH excluding ortho intramolecular Hbond substituents is 1. The van der Waals surface area contributed by atoms with Crippen LogP contribution in [0.15, 0.2) is 15.5 Å². The first-order chi connectivity index (χ1) is 9.18. The van der Waals surface area contributed by atoms with Crippen molar-refractivity contribution in [1.82, 2.24) is 0 Å². The molecule has 0 spiro atoms. The van der Waals surface area contributed by atoms with Gasteiger partial charge >= 0.3 is 0 Å². The maximum atomic E-state index is 10.8. The lowest BCUT2D eigenvalue weighted by Crippen LogP contribution is -2.34. The Morgan fingerprint density at radius 1 is 1.26 bits per heavy atom. The van der Waals surface area contributed by atoms with Gasteiger partial charge in [-0.15, -0.1) is 0 Å². The number of fused-ring (bicyclic) bond motifs is 1. The van der Waals surface area contributed by atoms with Crippen LogP contribution in [0, 0.1) is 0 Å². The molecule has 0 aromatic heterocycles. The van der Waals surface area contributed by atoms with Gasteiger partial charge < -0.3 is 5.11 Å². The van der Waals surface area contributed by atoms with Crippen LogP contribution in [-0.2, 0) is 23.2 Å². The van der Waals surface area contributed by atoms with Gasteiger partial charge in [-0.05, 0) is 78.1 Å². The van der Waals surface area contributed by atoms with E-state index in [-0.39, 0.29) is 5.75 Å². The highest BCUT2D eigenvalue weighted by Gasteiger charge is 2.43. The topological polar surface area (TPSA) is 49.7 Å². The minimum absolute atomic E-state index is 0.263. The highest BCUT2D eigenvalue weighted by atomic mass is 79.9. The van der Waals surface area contributed by atoms with Crippen LogP contribution in [0.3, 0.4) is 0 Å². The van der Waals surface area contributed by atoms with Crippen molar-refractivity contribution >= 4 is 22.0 Å². The van der Waals surface area contributed by atoms with Crippen molar-refractivity contribution in [1.29, 1.82) is 0 Å². The molecule has 1 saturated carbocycles. The number of benzene rings is 1. The number of carbonyl (C=O) groups excluding carboxylic acids is 1. The molecule has 2 aliphatic rings. The van der Waals surface area contributed by atoms with Gasteiger partial charge in [-0.3, -0.25) is 0 Å². The molecule has 0 aliphatic heterocycles. The van der Waals surface area contributed by atoms with Gasteiger partial charge in [0.25, 0.3) is 0 Å². The van der Waals surface area contributed by atoms with E-state index in [9.17, 15) is 9.90 Å². The number of halogens is 1. The zero-order chi connectivity index (χ0) is 13.5. The summed E-state index contributed by atoms with van der Waals surface area (Å²) < 4.78 is 0.718. The van der Waals surface area contributed by atoms with Crippen molar-refractivity contribution in [2.45, 2.75) is 50.5 Å². The molecule has 1 fully saturated rings. The number of aryl methyl sites for hydroxylation is 1. The summed E-state index contributed by atoms with van der Waals surface area (Å²) in [4.78, 5) is 14.8. The van der Waals surface area contributed by atoms with E-state index in [1.807, 2.05) is 6.07 Å². The molecule has 0 saturated heterocycles. The van der Waals surface area contributed by atoms with Crippen LogP contribution < -0.4 is 0 Å². The lowest BCUT2D eigenvalue weighted by atomic mass is 9.68. The molecule has 0 unspecified atom stereocenters. The largest absolute Gasteiger partial charge is 0.506 e. The standard InChI is InChI=1S/C15H16BrNO2/c16-12-8-10-4-1-2-5-11(10)13(14(12)19)15(17-9-18)6-3-7-15/h8,19H,1-7H2. The summed E-state index contributed by atoms with van der Waals surface area (Å²) in [6.07, 6.45) is 8.77. The zero-order valence-corrected chi connectivity index (χ0v) is 12.3. The molecule has 0 atom stereocenters. The Balaban J connectivity index is 2.24. The van der Waals surface area contributed by atoms with Crippen molar-refractivity contribution in [2.75, 3.05) is 0 Å². The Hall–Kier alpha value is -1.12. The lowest BCUT2D eigenvalue weighted by molar-refractivity contribution is 0.244. The number of hydrogen-bond donors (Lipinski definition) is 1. The molecule has 0 heterocycles. The third-order valence-electron chi connectivity index (χ3n) is 4.48. The first-order valence-corrected chi connectivity index (χ1v) is 7.60. The van der Waals surface area contributed by atoms with Crippen LogP contribution in [0.1, 0.15) is 48.8 Å². The highest BCUT2D eigenvalue weighted by molar-refractivity contribution is 9.10. The fourth-order valence-corrected chi connectivity index (χ4v) is 3.85. The van der Waals surface area contributed by atoms with Crippen LogP contribution >= 0.6 is 15.9 Å². The van der Waals surface area contributed by atoms with Gasteiger partial charge in [0.15, 0.2) is 0 Å². The summed E-state index contributed by atoms with van der Waals surface area (Å²) in [5.74, 6) is 0.263. The summed E-state index contributed by atoms with van der Waals surface area (Å²) in [6, 6.07) is 2.02. The minimum Gasteiger partial charge on any atom is -0.506 e. The second-order valence-corrected chi connectivity index (χ2v) is 6.37. The van der Waals surface area contributed by atoms with Gasteiger partial charge in [-0.2, -0.15) is 4.99 Å². The molecule has 0 bridgehead atoms. The van der Waals surface area contributed by atoms with E-state index in [0.717, 1.165) is 48.6 Å². The summed E-state index contributed by atoms with van der Waals surface area (Å²) in [5.41, 5.74) is 2.87. The Kier molecular flexibility index (Phi) is 3.23. The van der Waals surface area contributed by atoms with Gasteiger partial charge in [0.2, 0.25) is 6.08 Å². The number of rotatable bonds is 2. The first-order valence-electron chi connectivity index (χ1n) is 6.81. The van der Waals surface area contributed by atoms with E-state index in [2.05, 4.69) is 20.9 Å². The number of isocyanates is 1. The second kappa shape index (κ2) is 4.77. The molecule has 3 rings (SSSR count). The summed E-state index contributed by atoms with van der Waals surface area (Å²) in [7, 11) is 0. The zero-order valence-electron chi connectivity index (χ0n) is 10.7. The second-order valence-electron chi connectivity index (χ2n) is 5.52. The monoisotopic (exact) mass is 321 g/mol. The number of nitrogens with zero attached hydrogens (tertiary/aromatic N) is 1. The van der Waals surface area contributed by atoms with Crippen LogP contribution in [0.25, 0.3) is 0 Å². The Labute approximate surface area is 120 Å². The molecule has 1 aromatic rings. The molecule has 1 aromatic carbocycles. The molecule has 3 nitrogen and oxygen atoms in total. The van der Waals surface area contributed by atoms with Gasteiger partial charge in [0.1, 0.15) is 11.3 Å². The predicted octanol–water partition coefficient (Wildman–Crippen LogP) is 3.75. The number of phenols is 1. The van der Waals surface area contributed by atoms with E-state index >= 15 is 0 Å². The lowest BCUT2D eigenvalue weighted by Gasteiger charge is -2.40. The van der Waals surface area contributed by atoms with E-state index in [1.165, 1.54) is 17.5 Å². The van der Waals surface area contributed by atoms with Crippen molar-refractivity contribution in [3.63, 3.8) is 0 Å². The summed E-state index contributed by atoms with van der Waals surface area (Å²) >= 11 is 3.43.